The van der Waals surface area contributed by atoms with Crippen molar-refractivity contribution < 1.29 is 9.63 Å². The quantitative estimate of drug-likeness (QED) is 0.451. The molecule has 1 aromatic heterocycles. The fourth-order valence-electron chi connectivity index (χ4n) is 1.34. The maximum atomic E-state index is 11.8. The summed E-state index contributed by atoms with van der Waals surface area (Å²) < 4.78 is 1.34. The fourth-order valence-corrected chi connectivity index (χ4v) is 2.77. The number of halogens is 2. The average Bonchev–Trinajstić information content (AvgIpc) is 2.83. The first-order valence-corrected chi connectivity index (χ1v) is 7.33. The Morgan fingerprint density at radius 3 is 2.68 bits per heavy atom. The van der Waals surface area contributed by atoms with E-state index in [1.165, 1.54) is 11.3 Å². The summed E-state index contributed by atoms with van der Waals surface area (Å²) in [6, 6.07) is 10.6. The predicted octanol–water partition coefficient (Wildman–Crippen LogP) is 4.75. The van der Waals surface area contributed by atoms with Gasteiger partial charge in [0.1, 0.15) is 0 Å². The Kier molecular flexibility index (Phi) is 4.74. The second kappa shape index (κ2) is 6.32. The number of hydrogen-bond donors (Lipinski definition) is 0. The van der Waals surface area contributed by atoms with Gasteiger partial charge in [-0.25, -0.2) is 4.79 Å². The molecule has 2 rings (SSSR count). The van der Waals surface area contributed by atoms with Gasteiger partial charge < -0.3 is 4.84 Å². The van der Waals surface area contributed by atoms with Crippen LogP contribution >= 0.6 is 38.9 Å². The van der Waals surface area contributed by atoms with Crippen molar-refractivity contribution in [1.82, 2.24) is 0 Å². The fraction of sp³-hybridized carbons (Fsp3) is 0.0769. The van der Waals surface area contributed by atoms with Gasteiger partial charge in [-0.3, -0.25) is 0 Å². The van der Waals surface area contributed by atoms with E-state index in [1.807, 2.05) is 12.1 Å². The Balaban J connectivity index is 2.10. The van der Waals surface area contributed by atoms with Crippen molar-refractivity contribution in [3.8, 4) is 0 Å². The Morgan fingerprint density at radius 1 is 1.32 bits per heavy atom. The van der Waals surface area contributed by atoms with Crippen LogP contribution < -0.4 is 0 Å². The van der Waals surface area contributed by atoms with Gasteiger partial charge in [-0.2, -0.15) is 0 Å². The third-order valence-electron chi connectivity index (χ3n) is 2.29. The van der Waals surface area contributed by atoms with Crippen molar-refractivity contribution in [1.29, 1.82) is 0 Å². The van der Waals surface area contributed by atoms with E-state index in [9.17, 15) is 4.79 Å². The highest BCUT2D eigenvalue weighted by molar-refractivity contribution is 9.10. The predicted molar refractivity (Wildman–Crippen MR) is 81.1 cm³/mol. The molecule has 2 aromatic rings. The Labute approximate surface area is 128 Å². The van der Waals surface area contributed by atoms with Crippen LogP contribution in [0.4, 0.5) is 0 Å². The molecule has 0 radical (unpaired) electrons. The van der Waals surface area contributed by atoms with Gasteiger partial charge in [-0.15, -0.1) is 11.3 Å². The molecule has 98 valence electrons. The minimum Gasteiger partial charge on any atom is -0.312 e. The average molecular weight is 359 g/mol. The molecule has 0 aliphatic carbocycles. The number of rotatable bonds is 3. The molecule has 0 saturated carbocycles. The van der Waals surface area contributed by atoms with Gasteiger partial charge in [0, 0.05) is 4.47 Å². The molecule has 0 bridgehead atoms. The molecule has 0 aliphatic heterocycles. The monoisotopic (exact) mass is 357 g/mol. The zero-order valence-corrected chi connectivity index (χ0v) is 13.1. The lowest BCUT2D eigenvalue weighted by atomic mass is 10.2. The van der Waals surface area contributed by atoms with Gasteiger partial charge in [0.25, 0.3) is 0 Å². The maximum Gasteiger partial charge on any atom is 0.366 e. The second-order valence-electron chi connectivity index (χ2n) is 3.64. The first-order chi connectivity index (χ1) is 9.08. The molecular weight excluding hydrogens is 350 g/mol. The number of carbonyl (C=O) groups is 1. The third kappa shape index (κ3) is 3.65. The standard InChI is InChI=1S/C13H9BrClNO2S/c1-8(11-6-7-12(15)19-11)16-18-13(17)9-4-2-3-5-10(9)14/h2-7H,1H3/b16-8+. The first kappa shape index (κ1) is 14.2. The molecular formula is C13H9BrClNO2S. The summed E-state index contributed by atoms with van der Waals surface area (Å²) >= 11 is 10.5. The summed E-state index contributed by atoms with van der Waals surface area (Å²) in [5, 5.41) is 3.82. The van der Waals surface area contributed by atoms with E-state index in [2.05, 4.69) is 21.1 Å². The molecule has 0 amide bonds. The number of hydrogen-bond acceptors (Lipinski definition) is 4. The highest BCUT2D eigenvalue weighted by Gasteiger charge is 2.11. The normalized spacial score (nSPS) is 11.4. The van der Waals surface area contributed by atoms with Crippen molar-refractivity contribution in [2.24, 2.45) is 5.16 Å². The van der Waals surface area contributed by atoms with Gasteiger partial charge >= 0.3 is 5.97 Å². The van der Waals surface area contributed by atoms with Gasteiger partial charge in [-0.05, 0) is 47.1 Å². The highest BCUT2D eigenvalue weighted by atomic mass is 79.9. The lowest BCUT2D eigenvalue weighted by molar-refractivity contribution is 0.0515. The van der Waals surface area contributed by atoms with Crippen molar-refractivity contribution in [2.75, 3.05) is 0 Å². The number of thiophene rings is 1. The molecule has 1 heterocycles. The van der Waals surface area contributed by atoms with Crippen LogP contribution in [0.3, 0.4) is 0 Å². The van der Waals surface area contributed by atoms with Gasteiger partial charge in [0.15, 0.2) is 0 Å². The molecule has 0 fully saturated rings. The highest BCUT2D eigenvalue weighted by Crippen LogP contribution is 2.22. The van der Waals surface area contributed by atoms with Crippen LogP contribution in [0.25, 0.3) is 0 Å². The summed E-state index contributed by atoms with van der Waals surface area (Å²) in [5.74, 6) is -0.505. The van der Waals surface area contributed by atoms with Gasteiger partial charge in [0.05, 0.1) is 20.5 Å². The number of oxime groups is 1. The van der Waals surface area contributed by atoms with E-state index in [0.717, 1.165) is 4.88 Å². The topological polar surface area (TPSA) is 38.7 Å². The number of carbonyl (C=O) groups excluding carboxylic acids is 1. The first-order valence-electron chi connectivity index (χ1n) is 5.34. The third-order valence-corrected chi connectivity index (χ3v) is 4.32. The minimum absolute atomic E-state index is 0.434. The zero-order chi connectivity index (χ0) is 13.8. The van der Waals surface area contributed by atoms with Crippen LogP contribution in [0.1, 0.15) is 22.2 Å². The lowest BCUT2D eigenvalue weighted by Crippen LogP contribution is -2.03. The molecule has 0 N–H and O–H groups in total. The maximum absolute atomic E-state index is 11.8. The number of nitrogens with zero attached hydrogens (tertiary/aromatic N) is 1. The molecule has 19 heavy (non-hydrogen) atoms. The van der Waals surface area contributed by atoms with Crippen molar-refractivity contribution in [2.45, 2.75) is 6.92 Å². The van der Waals surface area contributed by atoms with Crippen molar-refractivity contribution >= 4 is 50.5 Å². The van der Waals surface area contributed by atoms with E-state index in [1.54, 1.807) is 31.2 Å². The lowest BCUT2D eigenvalue weighted by Gasteiger charge is -2.01. The Hall–Kier alpha value is -1.17. The number of benzene rings is 1. The Morgan fingerprint density at radius 2 is 2.05 bits per heavy atom. The van der Waals surface area contributed by atoms with E-state index >= 15 is 0 Å². The zero-order valence-electron chi connectivity index (χ0n) is 9.89. The van der Waals surface area contributed by atoms with Crippen molar-refractivity contribution in [3.05, 3.63) is 55.6 Å². The molecule has 0 spiro atoms. The van der Waals surface area contributed by atoms with Gasteiger partial charge in [-0.1, -0.05) is 28.9 Å². The SMILES string of the molecule is C/C(=N\OC(=O)c1ccccc1Br)c1ccc(Cl)s1. The smallest absolute Gasteiger partial charge is 0.312 e. The molecule has 6 heteroatoms. The van der Waals surface area contributed by atoms with Crippen LogP contribution in [-0.2, 0) is 4.84 Å². The molecule has 0 saturated heterocycles. The van der Waals surface area contributed by atoms with Crippen LogP contribution in [0, 0.1) is 0 Å². The summed E-state index contributed by atoms with van der Waals surface area (Å²) in [5.41, 5.74) is 1.04. The minimum atomic E-state index is -0.505. The summed E-state index contributed by atoms with van der Waals surface area (Å²) in [6.45, 7) is 1.76. The van der Waals surface area contributed by atoms with Gasteiger partial charge in [0.2, 0.25) is 0 Å². The van der Waals surface area contributed by atoms with E-state index < -0.39 is 5.97 Å². The van der Waals surface area contributed by atoms with Crippen LogP contribution in [0.5, 0.6) is 0 Å². The molecule has 0 unspecified atom stereocenters. The summed E-state index contributed by atoms with van der Waals surface area (Å²) in [7, 11) is 0. The van der Waals surface area contributed by atoms with E-state index in [-0.39, 0.29) is 0 Å². The molecule has 1 aromatic carbocycles. The summed E-state index contributed by atoms with van der Waals surface area (Å²) in [4.78, 5) is 17.6. The van der Waals surface area contributed by atoms with Crippen LogP contribution in [0.15, 0.2) is 46.0 Å². The Bertz CT molecular complexity index is 639. The largest absolute Gasteiger partial charge is 0.366 e. The van der Waals surface area contributed by atoms with Crippen LogP contribution in [0.2, 0.25) is 4.34 Å². The second-order valence-corrected chi connectivity index (χ2v) is 6.21. The summed E-state index contributed by atoms with van der Waals surface area (Å²) in [6.07, 6.45) is 0. The molecule has 0 atom stereocenters. The van der Waals surface area contributed by atoms with E-state index in [0.29, 0.717) is 20.1 Å². The molecule has 0 aliphatic rings. The van der Waals surface area contributed by atoms with E-state index in [4.69, 9.17) is 16.4 Å². The van der Waals surface area contributed by atoms with Crippen LogP contribution in [-0.4, -0.2) is 11.7 Å². The van der Waals surface area contributed by atoms with Crippen molar-refractivity contribution in [3.63, 3.8) is 0 Å². The molecule has 3 nitrogen and oxygen atoms in total.